The first-order valence-corrected chi connectivity index (χ1v) is 6.60. The first-order valence-electron chi connectivity index (χ1n) is 6.60. The van der Waals surface area contributed by atoms with Crippen LogP contribution in [0.25, 0.3) is 10.9 Å². The summed E-state index contributed by atoms with van der Waals surface area (Å²) in [5.41, 5.74) is 1.20. The Hall–Kier alpha value is -2.17. The summed E-state index contributed by atoms with van der Waals surface area (Å²) in [7, 11) is 0. The number of fused-ring (bicyclic) bond motifs is 1. The van der Waals surface area contributed by atoms with Gasteiger partial charge in [-0.2, -0.15) is 0 Å². The minimum atomic E-state index is -0.443. The molecule has 0 aliphatic carbocycles. The first kappa shape index (κ1) is 14.2. The van der Waals surface area contributed by atoms with Gasteiger partial charge >= 0.3 is 5.97 Å². The number of aromatic nitrogens is 2. The largest absolute Gasteiger partial charge is 0.459 e. The summed E-state index contributed by atoms with van der Waals surface area (Å²) in [5, 5.41) is 0.391. The van der Waals surface area contributed by atoms with E-state index in [1.54, 1.807) is 19.1 Å². The van der Waals surface area contributed by atoms with E-state index < -0.39 is 5.97 Å². The van der Waals surface area contributed by atoms with E-state index in [0.29, 0.717) is 22.2 Å². The monoisotopic (exact) mass is 274 g/mol. The molecule has 0 aliphatic heterocycles. The number of nitrogens with one attached hydrogen (secondary N) is 1. The van der Waals surface area contributed by atoms with Crippen LogP contribution in [0.1, 0.15) is 36.8 Å². The molecule has 1 unspecified atom stereocenters. The summed E-state index contributed by atoms with van der Waals surface area (Å²) in [4.78, 5) is 30.8. The number of carbonyl (C=O) groups excluding carboxylic acids is 1. The second-order valence-electron chi connectivity index (χ2n) is 5.22. The number of H-pyrrole nitrogens is 1. The van der Waals surface area contributed by atoms with Crippen molar-refractivity contribution < 1.29 is 9.53 Å². The highest BCUT2D eigenvalue weighted by molar-refractivity contribution is 5.94. The molecule has 2 rings (SSSR count). The van der Waals surface area contributed by atoms with Crippen molar-refractivity contribution in [3.8, 4) is 0 Å². The van der Waals surface area contributed by atoms with Crippen molar-refractivity contribution in [3.05, 3.63) is 39.9 Å². The van der Waals surface area contributed by atoms with Crippen molar-refractivity contribution in [2.24, 2.45) is 5.92 Å². The van der Waals surface area contributed by atoms with Gasteiger partial charge in [-0.25, -0.2) is 4.79 Å². The van der Waals surface area contributed by atoms with Crippen molar-refractivity contribution in [2.75, 3.05) is 0 Å². The Labute approximate surface area is 117 Å². The molecule has 0 aromatic carbocycles. The lowest BCUT2D eigenvalue weighted by atomic mass is 10.1. The van der Waals surface area contributed by atoms with E-state index in [1.807, 2.05) is 20.8 Å². The molecule has 0 spiro atoms. The standard InChI is InChI=1S/C15H18N2O3/c1-8(2)10(4)20-15(19)11-7-12-13(17-9(11)3)5-6-16-14(12)18/h5-8,10H,1-4H3,(H,16,18). The predicted octanol–water partition coefficient (Wildman–Crippen LogP) is 2.43. The average molecular weight is 274 g/mol. The van der Waals surface area contributed by atoms with Gasteiger partial charge in [0.05, 0.1) is 22.2 Å². The Kier molecular flexibility index (Phi) is 3.88. The molecule has 106 valence electrons. The third-order valence-corrected chi connectivity index (χ3v) is 3.39. The Morgan fingerprint density at radius 2 is 2.05 bits per heavy atom. The van der Waals surface area contributed by atoms with Gasteiger partial charge in [-0.3, -0.25) is 9.78 Å². The zero-order valence-electron chi connectivity index (χ0n) is 12.1. The minimum Gasteiger partial charge on any atom is -0.459 e. The minimum absolute atomic E-state index is 0.188. The van der Waals surface area contributed by atoms with Crippen molar-refractivity contribution in [1.82, 2.24) is 9.97 Å². The fourth-order valence-electron chi connectivity index (χ4n) is 1.78. The van der Waals surface area contributed by atoms with Gasteiger partial charge in [-0.15, -0.1) is 0 Å². The lowest BCUT2D eigenvalue weighted by molar-refractivity contribution is 0.0237. The molecular weight excluding hydrogens is 256 g/mol. The van der Waals surface area contributed by atoms with Crippen LogP contribution < -0.4 is 5.56 Å². The third kappa shape index (κ3) is 2.71. The summed E-state index contributed by atoms with van der Waals surface area (Å²) in [6.45, 7) is 7.54. The third-order valence-electron chi connectivity index (χ3n) is 3.39. The van der Waals surface area contributed by atoms with Gasteiger partial charge in [0.1, 0.15) is 6.10 Å². The SMILES string of the molecule is Cc1nc2cc[nH]c(=O)c2cc1C(=O)OC(C)C(C)C. The van der Waals surface area contributed by atoms with Crippen LogP contribution in [0.5, 0.6) is 0 Å². The Morgan fingerprint density at radius 3 is 2.70 bits per heavy atom. The smallest absolute Gasteiger partial charge is 0.340 e. The van der Waals surface area contributed by atoms with Gasteiger partial charge in [0.25, 0.3) is 5.56 Å². The highest BCUT2D eigenvalue weighted by Gasteiger charge is 2.18. The number of rotatable bonds is 3. The number of aromatic amines is 1. The molecule has 0 radical (unpaired) electrons. The van der Waals surface area contributed by atoms with Crippen LogP contribution in [-0.4, -0.2) is 22.0 Å². The molecule has 0 saturated carbocycles. The summed E-state index contributed by atoms with van der Waals surface area (Å²) < 4.78 is 5.38. The van der Waals surface area contributed by atoms with Crippen LogP contribution in [0.15, 0.2) is 23.1 Å². The summed E-state index contributed by atoms with van der Waals surface area (Å²) in [6.07, 6.45) is 1.35. The van der Waals surface area contributed by atoms with Gasteiger partial charge in [-0.05, 0) is 31.9 Å². The fraction of sp³-hybridized carbons (Fsp3) is 0.400. The maximum absolute atomic E-state index is 12.2. The maximum Gasteiger partial charge on any atom is 0.340 e. The summed E-state index contributed by atoms with van der Waals surface area (Å²) >= 11 is 0. The van der Waals surface area contributed by atoms with Gasteiger partial charge in [-0.1, -0.05) is 13.8 Å². The Morgan fingerprint density at radius 1 is 1.35 bits per heavy atom. The second-order valence-corrected chi connectivity index (χ2v) is 5.22. The first-order chi connectivity index (χ1) is 9.40. The topological polar surface area (TPSA) is 72.0 Å². The number of hydrogen-bond acceptors (Lipinski definition) is 4. The van der Waals surface area contributed by atoms with E-state index in [0.717, 1.165) is 0 Å². The van der Waals surface area contributed by atoms with Crippen LogP contribution in [0.4, 0.5) is 0 Å². The number of esters is 1. The normalized spacial score (nSPS) is 12.7. The number of aryl methyl sites for hydroxylation is 1. The van der Waals surface area contributed by atoms with E-state index >= 15 is 0 Å². The lowest BCUT2D eigenvalue weighted by Crippen LogP contribution is -2.21. The quantitative estimate of drug-likeness (QED) is 0.872. The average Bonchev–Trinajstić information content (AvgIpc) is 2.38. The van der Waals surface area contributed by atoms with Gasteiger partial charge in [0.15, 0.2) is 0 Å². The molecule has 2 aromatic rings. The predicted molar refractivity (Wildman–Crippen MR) is 76.8 cm³/mol. The number of pyridine rings is 2. The Balaban J connectivity index is 2.44. The molecule has 2 aromatic heterocycles. The van der Waals surface area contributed by atoms with E-state index in [9.17, 15) is 9.59 Å². The molecule has 0 aliphatic rings. The molecule has 0 bridgehead atoms. The number of carbonyl (C=O) groups is 1. The molecule has 2 heterocycles. The van der Waals surface area contributed by atoms with Gasteiger partial charge < -0.3 is 9.72 Å². The molecule has 1 atom stereocenters. The second kappa shape index (κ2) is 5.45. The highest BCUT2D eigenvalue weighted by Crippen LogP contribution is 2.16. The zero-order valence-corrected chi connectivity index (χ0v) is 12.1. The van der Waals surface area contributed by atoms with E-state index in [1.165, 1.54) is 6.20 Å². The molecule has 1 N–H and O–H groups in total. The van der Waals surface area contributed by atoms with Gasteiger partial charge in [0.2, 0.25) is 0 Å². The highest BCUT2D eigenvalue weighted by atomic mass is 16.5. The van der Waals surface area contributed by atoms with Gasteiger partial charge in [0, 0.05) is 6.20 Å². The zero-order chi connectivity index (χ0) is 14.9. The van der Waals surface area contributed by atoms with Crippen molar-refractivity contribution in [1.29, 1.82) is 0 Å². The van der Waals surface area contributed by atoms with Crippen molar-refractivity contribution in [2.45, 2.75) is 33.8 Å². The van der Waals surface area contributed by atoms with Crippen LogP contribution in [0, 0.1) is 12.8 Å². The van der Waals surface area contributed by atoms with Crippen molar-refractivity contribution in [3.63, 3.8) is 0 Å². The van der Waals surface area contributed by atoms with Crippen LogP contribution in [-0.2, 0) is 4.74 Å². The summed E-state index contributed by atoms with van der Waals surface area (Å²) in [5.74, 6) is -0.211. The maximum atomic E-state index is 12.2. The molecular formula is C15H18N2O3. The van der Waals surface area contributed by atoms with Crippen LogP contribution in [0.3, 0.4) is 0 Å². The van der Waals surface area contributed by atoms with Crippen molar-refractivity contribution >= 4 is 16.9 Å². The molecule has 0 amide bonds. The molecule has 0 fully saturated rings. The molecule has 5 heteroatoms. The van der Waals surface area contributed by atoms with Crippen LogP contribution in [0.2, 0.25) is 0 Å². The van der Waals surface area contributed by atoms with E-state index in [-0.39, 0.29) is 17.6 Å². The summed E-state index contributed by atoms with van der Waals surface area (Å²) in [6, 6.07) is 3.25. The molecule has 0 saturated heterocycles. The fourth-order valence-corrected chi connectivity index (χ4v) is 1.78. The Bertz CT molecular complexity index is 704. The molecule has 5 nitrogen and oxygen atoms in total. The lowest BCUT2D eigenvalue weighted by Gasteiger charge is -2.17. The number of nitrogens with zero attached hydrogens (tertiary/aromatic N) is 1. The van der Waals surface area contributed by atoms with E-state index in [4.69, 9.17) is 4.74 Å². The molecule has 20 heavy (non-hydrogen) atoms. The number of hydrogen-bond donors (Lipinski definition) is 1. The van der Waals surface area contributed by atoms with E-state index in [2.05, 4.69) is 9.97 Å². The number of ether oxygens (including phenoxy) is 1. The van der Waals surface area contributed by atoms with Crippen LogP contribution >= 0.6 is 0 Å².